The summed E-state index contributed by atoms with van der Waals surface area (Å²) < 4.78 is 7.57. The van der Waals surface area contributed by atoms with Crippen molar-refractivity contribution in [2.45, 2.75) is 5.38 Å². The maximum atomic E-state index is 12.2. The molecule has 1 aromatic carbocycles. The van der Waals surface area contributed by atoms with Crippen molar-refractivity contribution in [1.82, 2.24) is 35.3 Å². The van der Waals surface area contributed by atoms with Gasteiger partial charge in [-0.3, -0.25) is 14.3 Å². The number of aromatic nitrogens is 6. The van der Waals surface area contributed by atoms with Gasteiger partial charge in [-0.2, -0.15) is 5.10 Å². The number of aromatic amines is 1. The molecule has 4 heterocycles. The zero-order valence-corrected chi connectivity index (χ0v) is 19.9. The standard InChI is InChI=1S/C23H20ClN9O3/c1-26-21(35)18(24)15-5-11(19(25)34)3-4-17(15)30-23-32-31-22(36-23)16-9-28-20-14(16)6-12(7-27-20)13-8-29-33(2)10-13/h3-10,18H,1-2H3,(H2,25,34)(H,26,35)(H,27,28)(H,30,32). The molecule has 182 valence electrons. The molecule has 0 saturated carbocycles. The lowest BCUT2D eigenvalue weighted by molar-refractivity contribution is -0.120. The number of benzene rings is 1. The second-order valence-corrected chi connectivity index (χ2v) is 8.34. The number of hydrogen-bond donors (Lipinski definition) is 4. The van der Waals surface area contributed by atoms with Crippen LogP contribution in [0.25, 0.3) is 33.6 Å². The molecule has 12 nitrogen and oxygen atoms in total. The maximum Gasteiger partial charge on any atom is 0.320 e. The van der Waals surface area contributed by atoms with Crippen LogP contribution < -0.4 is 16.4 Å². The highest BCUT2D eigenvalue weighted by Gasteiger charge is 2.23. The molecule has 0 spiro atoms. The van der Waals surface area contributed by atoms with Gasteiger partial charge in [0, 0.05) is 66.0 Å². The van der Waals surface area contributed by atoms with Gasteiger partial charge >= 0.3 is 6.01 Å². The molecule has 4 aromatic heterocycles. The summed E-state index contributed by atoms with van der Waals surface area (Å²) in [5.74, 6) is -0.858. The number of fused-ring (bicyclic) bond motifs is 1. The Morgan fingerprint density at radius 1 is 1.19 bits per heavy atom. The van der Waals surface area contributed by atoms with Gasteiger partial charge in [-0.25, -0.2) is 4.98 Å². The van der Waals surface area contributed by atoms with Crippen molar-refractivity contribution in [2.24, 2.45) is 12.8 Å². The number of primary amides is 1. The molecular formula is C23H20ClN9O3. The number of nitrogens with one attached hydrogen (secondary N) is 3. The quantitative estimate of drug-likeness (QED) is 0.244. The topological polar surface area (TPSA) is 170 Å². The van der Waals surface area contributed by atoms with Gasteiger partial charge in [0.05, 0.1) is 11.8 Å². The second-order valence-electron chi connectivity index (χ2n) is 7.91. The zero-order chi connectivity index (χ0) is 25.4. The van der Waals surface area contributed by atoms with Crippen molar-refractivity contribution in [3.8, 4) is 22.6 Å². The summed E-state index contributed by atoms with van der Waals surface area (Å²) in [6, 6.07) is 6.53. The predicted octanol–water partition coefficient (Wildman–Crippen LogP) is 2.88. The van der Waals surface area contributed by atoms with Crippen molar-refractivity contribution in [2.75, 3.05) is 12.4 Å². The van der Waals surface area contributed by atoms with Gasteiger partial charge < -0.3 is 25.8 Å². The van der Waals surface area contributed by atoms with E-state index >= 15 is 0 Å². The van der Waals surface area contributed by atoms with Gasteiger partial charge in [0.2, 0.25) is 11.8 Å². The first-order chi connectivity index (χ1) is 17.3. The first-order valence-electron chi connectivity index (χ1n) is 10.7. The van der Waals surface area contributed by atoms with Crippen LogP contribution in [0.15, 0.2) is 53.5 Å². The monoisotopic (exact) mass is 505 g/mol. The Bertz CT molecular complexity index is 1600. The average Bonchev–Trinajstić information content (AvgIpc) is 3.62. The fourth-order valence-electron chi connectivity index (χ4n) is 3.71. The Hall–Kier alpha value is -4.71. The summed E-state index contributed by atoms with van der Waals surface area (Å²) in [4.78, 5) is 31.4. The van der Waals surface area contributed by atoms with E-state index in [1.165, 1.54) is 19.2 Å². The van der Waals surface area contributed by atoms with Gasteiger partial charge in [-0.05, 0) is 24.3 Å². The Balaban J connectivity index is 1.48. The van der Waals surface area contributed by atoms with Crippen LogP contribution in [0, 0.1) is 0 Å². The number of halogens is 1. The van der Waals surface area contributed by atoms with Crippen LogP contribution in [0.3, 0.4) is 0 Å². The number of carbonyl (C=O) groups is 2. The van der Waals surface area contributed by atoms with Crippen LogP contribution in [-0.2, 0) is 11.8 Å². The summed E-state index contributed by atoms with van der Waals surface area (Å²) in [5, 5.41) is 17.6. The van der Waals surface area contributed by atoms with Gasteiger partial charge in [0.25, 0.3) is 5.89 Å². The minimum absolute atomic E-state index is 0.0598. The number of amides is 2. The number of nitrogens with two attached hydrogens (primary N) is 1. The molecule has 1 atom stereocenters. The molecule has 0 aliphatic rings. The zero-order valence-electron chi connectivity index (χ0n) is 19.1. The first-order valence-corrected chi connectivity index (χ1v) is 11.1. The Morgan fingerprint density at radius 3 is 2.75 bits per heavy atom. The largest absolute Gasteiger partial charge is 0.403 e. The molecule has 0 fully saturated rings. The third-order valence-corrected chi connectivity index (χ3v) is 5.99. The van der Waals surface area contributed by atoms with E-state index in [1.807, 2.05) is 19.3 Å². The lowest BCUT2D eigenvalue weighted by Gasteiger charge is -2.14. The number of alkyl halides is 1. The average molecular weight is 506 g/mol. The summed E-state index contributed by atoms with van der Waals surface area (Å²) in [6.45, 7) is 0. The normalized spacial score (nSPS) is 12.0. The molecule has 0 radical (unpaired) electrons. The molecule has 0 bridgehead atoms. The van der Waals surface area contributed by atoms with Crippen LogP contribution in [0.1, 0.15) is 21.3 Å². The number of rotatable bonds is 7. The SMILES string of the molecule is CNC(=O)C(Cl)c1cc(C(N)=O)ccc1Nc1nnc(-c2c[nH]c3ncc(-c4cnn(C)c4)cc23)o1. The molecule has 0 aliphatic carbocycles. The number of nitrogens with zero attached hydrogens (tertiary/aromatic N) is 5. The van der Waals surface area contributed by atoms with Crippen molar-refractivity contribution >= 4 is 46.2 Å². The lowest BCUT2D eigenvalue weighted by atomic mass is 10.0. The molecular weight excluding hydrogens is 486 g/mol. The fraction of sp³-hybridized carbons (Fsp3) is 0.130. The summed E-state index contributed by atoms with van der Waals surface area (Å²) in [5.41, 5.74) is 9.44. The number of carbonyl (C=O) groups excluding carboxylic acids is 2. The number of pyridine rings is 1. The van der Waals surface area contributed by atoms with Gasteiger partial charge in [0.15, 0.2) is 0 Å². The maximum absolute atomic E-state index is 12.2. The highest BCUT2D eigenvalue weighted by Crippen LogP contribution is 2.34. The van der Waals surface area contributed by atoms with Gasteiger partial charge in [0.1, 0.15) is 11.0 Å². The van der Waals surface area contributed by atoms with Crippen molar-refractivity contribution in [3.63, 3.8) is 0 Å². The number of likely N-dealkylation sites (N-methyl/N-ethyl adjacent to an activating group) is 1. The second kappa shape index (κ2) is 9.15. The third kappa shape index (κ3) is 4.25. The van der Waals surface area contributed by atoms with Crippen LogP contribution in [0.5, 0.6) is 0 Å². The number of anilines is 2. The smallest absolute Gasteiger partial charge is 0.320 e. The molecule has 2 amide bonds. The van der Waals surface area contributed by atoms with Crippen LogP contribution in [0.2, 0.25) is 0 Å². The van der Waals surface area contributed by atoms with E-state index in [-0.39, 0.29) is 17.5 Å². The summed E-state index contributed by atoms with van der Waals surface area (Å²) in [7, 11) is 3.31. The first kappa shape index (κ1) is 23.1. The number of aryl methyl sites for hydroxylation is 1. The van der Waals surface area contributed by atoms with Crippen LogP contribution in [-0.4, -0.2) is 48.8 Å². The highest BCUT2D eigenvalue weighted by molar-refractivity contribution is 6.31. The Kier molecular flexibility index (Phi) is 5.86. The predicted molar refractivity (Wildman–Crippen MR) is 132 cm³/mol. The minimum atomic E-state index is -1.09. The van der Waals surface area contributed by atoms with E-state index < -0.39 is 17.2 Å². The fourth-order valence-corrected chi connectivity index (χ4v) is 4.00. The van der Waals surface area contributed by atoms with Gasteiger partial charge in [-0.15, -0.1) is 16.7 Å². The Labute approximate surface area is 208 Å². The molecule has 36 heavy (non-hydrogen) atoms. The number of H-pyrrole nitrogens is 1. The van der Waals surface area contributed by atoms with Crippen molar-refractivity contribution in [1.29, 1.82) is 0 Å². The lowest BCUT2D eigenvalue weighted by Crippen LogP contribution is -2.23. The minimum Gasteiger partial charge on any atom is -0.403 e. The van der Waals surface area contributed by atoms with E-state index in [9.17, 15) is 9.59 Å². The summed E-state index contributed by atoms with van der Waals surface area (Å²) in [6.07, 6.45) is 7.14. The van der Waals surface area contributed by atoms with Crippen molar-refractivity contribution in [3.05, 3.63) is 60.2 Å². The highest BCUT2D eigenvalue weighted by atomic mass is 35.5. The van der Waals surface area contributed by atoms with E-state index in [0.29, 0.717) is 22.5 Å². The Morgan fingerprint density at radius 2 is 2.03 bits per heavy atom. The molecule has 5 N–H and O–H groups in total. The van der Waals surface area contributed by atoms with Crippen LogP contribution >= 0.6 is 11.6 Å². The van der Waals surface area contributed by atoms with E-state index in [1.54, 1.807) is 29.3 Å². The molecule has 1 unspecified atom stereocenters. The molecule has 13 heteroatoms. The molecule has 0 saturated heterocycles. The molecule has 0 aliphatic heterocycles. The number of hydrogen-bond acceptors (Lipinski definition) is 8. The summed E-state index contributed by atoms with van der Waals surface area (Å²) >= 11 is 6.34. The van der Waals surface area contributed by atoms with Crippen LogP contribution in [0.4, 0.5) is 11.7 Å². The van der Waals surface area contributed by atoms with E-state index in [0.717, 1.165) is 16.5 Å². The molecule has 5 rings (SSSR count). The van der Waals surface area contributed by atoms with E-state index in [4.69, 9.17) is 21.8 Å². The van der Waals surface area contributed by atoms with Crippen molar-refractivity contribution < 1.29 is 14.0 Å². The van der Waals surface area contributed by atoms with E-state index in [2.05, 4.69) is 35.9 Å². The molecule has 5 aromatic rings. The third-order valence-electron chi connectivity index (χ3n) is 5.55. The van der Waals surface area contributed by atoms with Gasteiger partial charge in [-0.1, -0.05) is 5.10 Å².